The van der Waals surface area contributed by atoms with Crippen molar-refractivity contribution < 1.29 is 4.79 Å². The van der Waals surface area contributed by atoms with Crippen molar-refractivity contribution in [3.8, 4) is 0 Å². The number of halogens is 1. The Hall–Kier alpha value is -1.48. The second-order valence-electron chi connectivity index (χ2n) is 2.95. The summed E-state index contributed by atoms with van der Waals surface area (Å²) in [5, 5.41) is 1.23. The predicted octanol–water partition coefficient (Wildman–Crippen LogP) is 2.40. The maximum absolute atomic E-state index is 10.7. The van der Waals surface area contributed by atoms with Crippen LogP contribution in [0.25, 0.3) is 10.9 Å². The van der Waals surface area contributed by atoms with Gasteiger partial charge in [-0.15, -0.1) is 0 Å². The highest BCUT2D eigenvalue weighted by atomic mass is 35.5. The molecule has 14 heavy (non-hydrogen) atoms. The topological polar surface area (TPSA) is 42.9 Å². The molecule has 0 atom stereocenters. The zero-order valence-corrected chi connectivity index (χ0v) is 8.25. The fraction of sp³-hybridized carbons (Fsp3) is 0.100. The van der Waals surface area contributed by atoms with Crippen molar-refractivity contribution in [1.82, 2.24) is 9.97 Å². The van der Waals surface area contributed by atoms with Gasteiger partial charge in [0.05, 0.1) is 0 Å². The van der Waals surface area contributed by atoms with Gasteiger partial charge >= 0.3 is 0 Å². The van der Waals surface area contributed by atoms with E-state index in [-0.39, 0.29) is 0 Å². The summed E-state index contributed by atoms with van der Waals surface area (Å²) in [4.78, 5) is 18.7. The van der Waals surface area contributed by atoms with Crippen molar-refractivity contribution in [2.75, 3.05) is 0 Å². The summed E-state index contributed by atoms with van der Waals surface area (Å²) in [5.74, 6) is 0. The van der Waals surface area contributed by atoms with E-state index in [0.29, 0.717) is 16.2 Å². The average Bonchev–Trinajstić information content (AvgIpc) is 2.20. The molecule has 2 aromatic rings. The van der Waals surface area contributed by atoms with Crippen LogP contribution in [0.2, 0.25) is 5.15 Å². The van der Waals surface area contributed by atoms with Crippen LogP contribution < -0.4 is 0 Å². The maximum Gasteiger partial charge on any atom is 0.155 e. The molecule has 0 N–H and O–H groups in total. The van der Waals surface area contributed by atoms with Crippen LogP contribution in [-0.4, -0.2) is 16.3 Å². The molecular formula is C10H7ClN2O. The molecule has 0 unspecified atom stereocenters. The van der Waals surface area contributed by atoms with E-state index in [1.54, 1.807) is 12.3 Å². The lowest BCUT2D eigenvalue weighted by Crippen LogP contribution is -1.92. The third-order valence-corrected chi connectivity index (χ3v) is 2.45. The number of carbonyl (C=O) groups excluding carboxylic acids is 1. The number of aromatic nitrogens is 2. The first-order valence-corrected chi connectivity index (χ1v) is 4.47. The molecule has 2 aromatic heterocycles. The molecule has 0 amide bonds. The van der Waals surface area contributed by atoms with Crippen LogP contribution in [0.5, 0.6) is 0 Å². The van der Waals surface area contributed by atoms with E-state index >= 15 is 0 Å². The van der Waals surface area contributed by atoms with Crippen molar-refractivity contribution in [3.05, 3.63) is 34.7 Å². The van der Waals surface area contributed by atoms with E-state index in [2.05, 4.69) is 9.97 Å². The molecule has 4 heteroatoms. The van der Waals surface area contributed by atoms with Crippen LogP contribution in [-0.2, 0) is 0 Å². The zero-order valence-electron chi connectivity index (χ0n) is 7.49. The lowest BCUT2D eigenvalue weighted by atomic mass is 10.1. The van der Waals surface area contributed by atoms with E-state index in [9.17, 15) is 4.79 Å². The minimum absolute atomic E-state index is 0.364. The van der Waals surface area contributed by atoms with Crippen molar-refractivity contribution in [2.45, 2.75) is 6.92 Å². The zero-order chi connectivity index (χ0) is 10.1. The number of hydrogen-bond donors (Lipinski definition) is 0. The van der Waals surface area contributed by atoms with Crippen LogP contribution in [0.4, 0.5) is 0 Å². The molecule has 0 aliphatic carbocycles. The van der Waals surface area contributed by atoms with Crippen LogP contribution in [0.1, 0.15) is 15.9 Å². The number of pyridine rings is 2. The summed E-state index contributed by atoms with van der Waals surface area (Å²) in [6.45, 7) is 1.87. The first-order valence-electron chi connectivity index (χ1n) is 4.09. The number of aryl methyl sites for hydroxylation is 1. The standard InChI is InChI=1S/C10H7ClN2O/c1-6-7(5-14)4-13-9-8(6)2-3-12-10(9)11/h2-5H,1H3. The van der Waals surface area contributed by atoms with Gasteiger partial charge in [0.2, 0.25) is 0 Å². The highest BCUT2D eigenvalue weighted by Gasteiger charge is 2.06. The lowest BCUT2D eigenvalue weighted by Gasteiger charge is -2.03. The lowest BCUT2D eigenvalue weighted by molar-refractivity contribution is 0.112. The molecule has 0 radical (unpaired) electrons. The molecule has 0 spiro atoms. The Morgan fingerprint density at radius 1 is 1.43 bits per heavy atom. The van der Waals surface area contributed by atoms with E-state index in [4.69, 9.17) is 11.6 Å². The van der Waals surface area contributed by atoms with E-state index in [0.717, 1.165) is 17.2 Å². The molecule has 0 aliphatic rings. The van der Waals surface area contributed by atoms with E-state index < -0.39 is 0 Å². The third-order valence-electron chi connectivity index (χ3n) is 2.18. The summed E-state index contributed by atoms with van der Waals surface area (Å²) in [6, 6.07) is 1.80. The number of carbonyl (C=O) groups is 1. The minimum Gasteiger partial charge on any atom is -0.298 e. The third kappa shape index (κ3) is 1.26. The van der Waals surface area contributed by atoms with Gasteiger partial charge in [-0.2, -0.15) is 0 Å². The molecular weight excluding hydrogens is 200 g/mol. The van der Waals surface area contributed by atoms with Gasteiger partial charge in [0.15, 0.2) is 11.4 Å². The number of hydrogen-bond acceptors (Lipinski definition) is 3. The first-order chi connectivity index (χ1) is 6.74. The molecule has 0 saturated heterocycles. The molecule has 0 aliphatic heterocycles. The number of rotatable bonds is 1. The van der Waals surface area contributed by atoms with Crippen LogP contribution in [0.3, 0.4) is 0 Å². The first kappa shape index (κ1) is 9.09. The monoisotopic (exact) mass is 206 g/mol. The van der Waals surface area contributed by atoms with E-state index in [1.807, 2.05) is 6.92 Å². The minimum atomic E-state index is 0.364. The molecule has 0 fully saturated rings. The Morgan fingerprint density at radius 2 is 2.21 bits per heavy atom. The summed E-state index contributed by atoms with van der Waals surface area (Å²) in [7, 11) is 0. The number of nitrogens with zero attached hydrogens (tertiary/aromatic N) is 2. The highest BCUT2D eigenvalue weighted by molar-refractivity contribution is 6.33. The Morgan fingerprint density at radius 3 is 2.93 bits per heavy atom. The van der Waals surface area contributed by atoms with Gasteiger partial charge < -0.3 is 0 Å². The summed E-state index contributed by atoms with van der Waals surface area (Å²) in [5.41, 5.74) is 2.10. The fourth-order valence-corrected chi connectivity index (χ4v) is 1.57. The second-order valence-corrected chi connectivity index (χ2v) is 3.31. The van der Waals surface area contributed by atoms with Crippen molar-refractivity contribution >= 4 is 28.8 Å². The summed E-state index contributed by atoms with van der Waals surface area (Å²) >= 11 is 5.86. The van der Waals surface area contributed by atoms with Crippen LogP contribution in [0, 0.1) is 6.92 Å². The van der Waals surface area contributed by atoms with Crippen LogP contribution in [0.15, 0.2) is 18.5 Å². The summed E-state index contributed by atoms with van der Waals surface area (Å²) in [6.07, 6.45) is 3.91. The fourth-order valence-electron chi connectivity index (χ4n) is 1.36. The quantitative estimate of drug-likeness (QED) is 0.532. The Bertz CT molecular complexity index is 511. The van der Waals surface area contributed by atoms with Gasteiger partial charge in [-0.1, -0.05) is 11.6 Å². The van der Waals surface area contributed by atoms with Gasteiger partial charge in [-0.05, 0) is 18.6 Å². The SMILES string of the molecule is Cc1c(C=O)cnc2c(Cl)nccc12. The largest absolute Gasteiger partial charge is 0.298 e. The second kappa shape index (κ2) is 3.35. The summed E-state index contributed by atoms with van der Waals surface area (Å²) < 4.78 is 0. The van der Waals surface area contributed by atoms with Gasteiger partial charge in [0, 0.05) is 23.3 Å². The molecule has 70 valence electrons. The normalized spacial score (nSPS) is 10.4. The van der Waals surface area contributed by atoms with Gasteiger partial charge in [0.25, 0.3) is 0 Å². The molecule has 2 heterocycles. The van der Waals surface area contributed by atoms with Gasteiger partial charge in [0.1, 0.15) is 5.52 Å². The van der Waals surface area contributed by atoms with Crippen molar-refractivity contribution in [3.63, 3.8) is 0 Å². The van der Waals surface area contributed by atoms with Crippen LogP contribution >= 0.6 is 11.6 Å². The van der Waals surface area contributed by atoms with Gasteiger partial charge in [-0.3, -0.25) is 9.78 Å². The number of fused-ring (bicyclic) bond motifs is 1. The maximum atomic E-state index is 10.7. The average molecular weight is 207 g/mol. The number of aldehydes is 1. The highest BCUT2D eigenvalue weighted by Crippen LogP contribution is 2.22. The van der Waals surface area contributed by atoms with Gasteiger partial charge in [-0.25, -0.2) is 4.98 Å². The Balaban J connectivity index is 2.90. The predicted molar refractivity (Wildman–Crippen MR) is 54.7 cm³/mol. The van der Waals surface area contributed by atoms with Crippen molar-refractivity contribution in [1.29, 1.82) is 0 Å². The Kier molecular flexibility index (Phi) is 2.17. The van der Waals surface area contributed by atoms with E-state index in [1.165, 1.54) is 6.20 Å². The van der Waals surface area contributed by atoms with Crippen molar-refractivity contribution in [2.24, 2.45) is 0 Å². The molecule has 0 saturated carbocycles. The molecule has 2 rings (SSSR count). The molecule has 0 aromatic carbocycles. The molecule has 3 nitrogen and oxygen atoms in total. The Labute approximate surface area is 85.7 Å². The smallest absolute Gasteiger partial charge is 0.155 e. The molecule has 0 bridgehead atoms.